The van der Waals surface area contributed by atoms with Crippen molar-refractivity contribution in [3.05, 3.63) is 63.3 Å². The van der Waals surface area contributed by atoms with Gasteiger partial charge in [-0.25, -0.2) is 0 Å². The average molecular weight is 354 g/mol. The van der Waals surface area contributed by atoms with E-state index in [2.05, 4.69) is 26.1 Å². The van der Waals surface area contributed by atoms with Gasteiger partial charge in [0.05, 0.1) is 10.2 Å². The Kier molecular flexibility index (Phi) is 4.52. The van der Waals surface area contributed by atoms with Crippen LogP contribution in [0.15, 0.2) is 47.3 Å². The van der Waals surface area contributed by atoms with Gasteiger partial charge in [-0.2, -0.15) is 0 Å². The molecule has 1 heterocycles. The number of aryl methyl sites for hydroxylation is 1. The summed E-state index contributed by atoms with van der Waals surface area (Å²) in [4.78, 5) is 24.4. The summed E-state index contributed by atoms with van der Waals surface area (Å²) >= 11 is 1.20. The van der Waals surface area contributed by atoms with Crippen molar-refractivity contribution in [1.82, 2.24) is 4.57 Å². The molecule has 0 atom stereocenters. The van der Waals surface area contributed by atoms with Crippen LogP contribution >= 0.6 is 11.3 Å². The molecule has 0 saturated heterocycles. The van der Waals surface area contributed by atoms with Gasteiger partial charge in [0.2, 0.25) is 0 Å². The Balaban J connectivity index is 1.83. The largest absolute Gasteiger partial charge is 0.322 e. The van der Waals surface area contributed by atoms with E-state index in [0.29, 0.717) is 17.8 Å². The Morgan fingerprint density at radius 2 is 1.80 bits per heavy atom. The standard InChI is InChI=1S/C20H22N2O2S/c1-5-22-16-11-10-15(12-17(16)25-19(22)24)21-18(23)13-6-8-14(9-7-13)20(2,3)4/h6-12H,5H2,1-4H3,(H,21,23). The van der Waals surface area contributed by atoms with Gasteiger partial charge in [-0.1, -0.05) is 44.2 Å². The number of rotatable bonds is 3. The number of anilines is 1. The number of fused-ring (bicyclic) bond motifs is 1. The van der Waals surface area contributed by atoms with E-state index in [1.165, 1.54) is 16.9 Å². The van der Waals surface area contributed by atoms with Crippen molar-refractivity contribution in [3.8, 4) is 0 Å². The summed E-state index contributed by atoms with van der Waals surface area (Å²) in [5.74, 6) is -0.151. The predicted octanol–water partition coefficient (Wildman–Crippen LogP) is 4.63. The molecule has 0 aliphatic rings. The number of hydrogen-bond donors (Lipinski definition) is 1. The van der Waals surface area contributed by atoms with Crippen molar-refractivity contribution in [2.24, 2.45) is 0 Å². The Hall–Kier alpha value is -2.40. The number of aromatic nitrogens is 1. The fraction of sp³-hybridized carbons (Fsp3) is 0.300. The van der Waals surface area contributed by atoms with Crippen molar-refractivity contribution in [3.63, 3.8) is 0 Å². The van der Waals surface area contributed by atoms with Gasteiger partial charge < -0.3 is 5.32 Å². The van der Waals surface area contributed by atoms with E-state index in [9.17, 15) is 9.59 Å². The zero-order valence-corrected chi connectivity index (χ0v) is 15.7. The van der Waals surface area contributed by atoms with Gasteiger partial charge in [0.15, 0.2) is 0 Å². The molecule has 0 aliphatic heterocycles. The highest BCUT2D eigenvalue weighted by Gasteiger charge is 2.14. The molecule has 1 aromatic heterocycles. The number of nitrogens with one attached hydrogen (secondary N) is 1. The van der Waals surface area contributed by atoms with Crippen LogP contribution in [0.5, 0.6) is 0 Å². The lowest BCUT2D eigenvalue weighted by Gasteiger charge is -2.19. The van der Waals surface area contributed by atoms with E-state index in [-0.39, 0.29) is 16.2 Å². The number of carbonyl (C=O) groups excluding carboxylic acids is 1. The molecule has 1 N–H and O–H groups in total. The first-order chi connectivity index (χ1) is 11.8. The van der Waals surface area contributed by atoms with Gasteiger partial charge in [-0.15, -0.1) is 0 Å². The van der Waals surface area contributed by atoms with Crippen LogP contribution in [-0.4, -0.2) is 10.5 Å². The normalized spacial score (nSPS) is 11.7. The minimum Gasteiger partial charge on any atom is -0.322 e. The first-order valence-corrected chi connectivity index (χ1v) is 9.16. The van der Waals surface area contributed by atoms with E-state index < -0.39 is 0 Å². The van der Waals surface area contributed by atoms with Crippen LogP contribution in [0.1, 0.15) is 43.6 Å². The fourth-order valence-corrected chi connectivity index (χ4v) is 3.76. The van der Waals surface area contributed by atoms with Crippen LogP contribution in [0.2, 0.25) is 0 Å². The molecule has 4 nitrogen and oxygen atoms in total. The molecule has 130 valence electrons. The van der Waals surface area contributed by atoms with Crippen LogP contribution < -0.4 is 10.2 Å². The third-order valence-electron chi connectivity index (χ3n) is 4.26. The highest BCUT2D eigenvalue weighted by Crippen LogP contribution is 2.24. The third-order valence-corrected chi connectivity index (χ3v) is 5.20. The Morgan fingerprint density at radius 3 is 2.40 bits per heavy atom. The summed E-state index contributed by atoms with van der Waals surface area (Å²) in [5.41, 5.74) is 3.47. The molecule has 25 heavy (non-hydrogen) atoms. The maximum Gasteiger partial charge on any atom is 0.308 e. The summed E-state index contributed by atoms with van der Waals surface area (Å²) in [5, 5.41) is 2.91. The maximum atomic E-state index is 12.5. The van der Waals surface area contributed by atoms with Gasteiger partial charge in [0.25, 0.3) is 5.91 Å². The smallest absolute Gasteiger partial charge is 0.308 e. The first-order valence-electron chi connectivity index (χ1n) is 8.35. The predicted molar refractivity (Wildman–Crippen MR) is 105 cm³/mol. The molecule has 0 radical (unpaired) electrons. The number of amides is 1. The Bertz CT molecular complexity index is 976. The van der Waals surface area contributed by atoms with Crippen molar-refractivity contribution >= 4 is 33.1 Å². The van der Waals surface area contributed by atoms with E-state index in [4.69, 9.17) is 0 Å². The molecule has 0 aliphatic carbocycles. The molecule has 0 spiro atoms. The van der Waals surface area contributed by atoms with E-state index in [1.54, 1.807) is 4.57 Å². The number of nitrogens with zero attached hydrogens (tertiary/aromatic N) is 1. The number of carbonyl (C=O) groups is 1. The molecule has 2 aromatic carbocycles. The van der Waals surface area contributed by atoms with Crippen LogP contribution in [0.25, 0.3) is 10.2 Å². The van der Waals surface area contributed by atoms with Crippen LogP contribution in [0.3, 0.4) is 0 Å². The van der Waals surface area contributed by atoms with Gasteiger partial charge in [-0.3, -0.25) is 14.2 Å². The van der Waals surface area contributed by atoms with Crippen LogP contribution in [0, 0.1) is 0 Å². The number of thiazole rings is 1. The highest BCUT2D eigenvalue weighted by molar-refractivity contribution is 7.16. The van der Waals surface area contributed by atoms with E-state index in [1.807, 2.05) is 49.4 Å². The summed E-state index contributed by atoms with van der Waals surface area (Å²) < 4.78 is 2.62. The van der Waals surface area contributed by atoms with Gasteiger partial charge in [-0.05, 0) is 48.2 Å². The second-order valence-electron chi connectivity index (χ2n) is 7.08. The first kappa shape index (κ1) is 17.4. The molecule has 3 rings (SSSR count). The zero-order chi connectivity index (χ0) is 18.2. The quantitative estimate of drug-likeness (QED) is 0.745. The Morgan fingerprint density at radius 1 is 1.12 bits per heavy atom. The SMILES string of the molecule is CCn1c(=O)sc2cc(NC(=O)c3ccc(C(C)(C)C)cc3)ccc21. The van der Waals surface area contributed by atoms with Crippen molar-refractivity contribution < 1.29 is 4.79 Å². The lowest BCUT2D eigenvalue weighted by molar-refractivity contribution is 0.102. The third kappa shape index (κ3) is 3.51. The monoisotopic (exact) mass is 354 g/mol. The molecular formula is C20H22N2O2S. The minimum atomic E-state index is -0.151. The number of benzene rings is 2. The zero-order valence-electron chi connectivity index (χ0n) is 14.9. The topological polar surface area (TPSA) is 51.1 Å². The summed E-state index contributed by atoms with van der Waals surface area (Å²) in [6.45, 7) is 9.02. The van der Waals surface area contributed by atoms with Gasteiger partial charge in [0, 0.05) is 17.8 Å². The molecule has 5 heteroatoms. The molecule has 0 fully saturated rings. The molecule has 1 amide bonds. The van der Waals surface area contributed by atoms with E-state index in [0.717, 1.165) is 10.2 Å². The minimum absolute atomic E-state index is 0.0266. The molecular weight excluding hydrogens is 332 g/mol. The van der Waals surface area contributed by atoms with Crippen molar-refractivity contribution in [2.45, 2.75) is 39.7 Å². The summed E-state index contributed by atoms with van der Waals surface area (Å²) in [7, 11) is 0. The molecule has 0 unspecified atom stereocenters. The molecule has 0 bridgehead atoms. The van der Waals surface area contributed by atoms with Crippen LogP contribution in [0.4, 0.5) is 5.69 Å². The van der Waals surface area contributed by atoms with Crippen molar-refractivity contribution in [2.75, 3.05) is 5.32 Å². The van der Waals surface area contributed by atoms with Crippen molar-refractivity contribution in [1.29, 1.82) is 0 Å². The number of hydrogen-bond acceptors (Lipinski definition) is 3. The lowest BCUT2D eigenvalue weighted by Crippen LogP contribution is -2.14. The van der Waals surface area contributed by atoms with Crippen LogP contribution in [-0.2, 0) is 12.0 Å². The van der Waals surface area contributed by atoms with E-state index >= 15 is 0 Å². The second kappa shape index (κ2) is 6.48. The second-order valence-corrected chi connectivity index (χ2v) is 8.07. The van der Waals surface area contributed by atoms with Gasteiger partial charge >= 0.3 is 4.87 Å². The maximum absolute atomic E-state index is 12.5. The summed E-state index contributed by atoms with van der Waals surface area (Å²) in [6.07, 6.45) is 0. The fourth-order valence-electron chi connectivity index (χ4n) is 2.77. The Labute approximate surface area is 151 Å². The molecule has 3 aromatic rings. The highest BCUT2D eigenvalue weighted by atomic mass is 32.1. The summed E-state index contributed by atoms with van der Waals surface area (Å²) in [6, 6.07) is 13.3. The lowest BCUT2D eigenvalue weighted by atomic mass is 9.87. The average Bonchev–Trinajstić information content (AvgIpc) is 2.88. The van der Waals surface area contributed by atoms with Gasteiger partial charge in [0.1, 0.15) is 0 Å². The molecule has 0 saturated carbocycles.